The van der Waals surface area contributed by atoms with E-state index >= 15 is 0 Å². The van der Waals surface area contributed by atoms with E-state index in [1.54, 1.807) is 17.0 Å². The fourth-order valence-corrected chi connectivity index (χ4v) is 6.13. The maximum atomic E-state index is 13.5. The number of fused-ring (bicyclic) bond motifs is 1. The van der Waals surface area contributed by atoms with Crippen LogP contribution in [0.15, 0.2) is 53.4 Å². The van der Waals surface area contributed by atoms with Gasteiger partial charge in [0, 0.05) is 31.7 Å². The average molecular weight is 489 g/mol. The summed E-state index contributed by atoms with van der Waals surface area (Å²) in [4.78, 5) is 22.4. The number of likely N-dealkylation sites (N-methyl/N-ethyl adjacent to an activating group) is 1. The molecule has 0 N–H and O–H groups in total. The molecule has 178 valence electrons. The molecule has 2 aromatic carbocycles. The van der Waals surface area contributed by atoms with Crippen LogP contribution in [0.3, 0.4) is 0 Å². The van der Waals surface area contributed by atoms with E-state index in [9.17, 15) is 13.2 Å². The lowest BCUT2D eigenvalue weighted by atomic mass is 10.2. The van der Waals surface area contributed by atoms with E-state index in [1.165, 1.54) is 27.8 Å². The molecule has 0 aliphatic rings. The van der Waals surface area contributed by atoms with Crippen LogP contribution in [0.4, 0.5) is 5.13 Å². The molecule has 1 heterocycles. The molecule has 0 bridgehead atoms. The minimum Gasteiger partial charge on any atom is -0.302 e. The summed E-state index contributed by atoms with van der Waals surface area (Å²) in [7, 11) is -3.57. The topological polar surface area (TPSA) is 73.8 Å². The van der Waals surface area contributed by atoms with Crippen molar-refractivity contribution in [3.63, 3.8) is 0 Å². The second-order valence-electron chi connectivity index (χ2n) is 7.56. The van der Waals surface area contributed by atoms with Gasteiger partial charge in [-0.2, -0.15) is 4.31 Å². The number of para-hydroxylation sites is 1. The number of anilines is 1. The number of carbonyl (C=O) groups is 1. The molecule has 0 radical (unpaired) electrons. The van der Waals surface area contributed by atoms with Gasteiger partial charge in [0.1, 0.15) is 0 Å². The number of carbonyl (C=O) groups excluding carboxylic acids is 1. The lowest BCUT2D eigenvalue weighted by molar-refractivity contribution is 0.0983. The highest BCUT2D eigenvalue weighted by atomic mass is 32.2. The molecule has 9 heteroatoms. The van der Waals surface area contributed by atoms with Gasteiger partial charge in [0.15, 0.2) is 5.13 Å². The van der Waals surface area contributed by atoms with Crippen molar-refractivity contribution >= 4 is 42.6 Å². The van der Waals surface area contributed by atoms with E-state index in [2.05, 4.69) is 18.7 Å². The molecular formula is C24H32N4O3S2. The molecule has 1 amide bonds. The quantitative estimate of drug-likeness (QED) is 0.402. The first kappa shape index (κ1) is 25.3. The van der Waals surface area contributed by atoms with Crippen LogP contribution in [-0.4, -0.2) is 67.8 Å². The third-order valence-electron chi connectivity index (χ3n) is 5.74. The summed E-state index contributed by atoms with van der Waals surface area (Å²) in [6.07, 6.45) is 0. The molecule has 3 rings (SSSR count). The zero-order chi connectivity index (χ0) is 24.0. The van der Waals surface area contributed by atoms with Crippen LogP contribution in [-0.2, 0) is 10.0 Å². The Kier molecular flexibility index (Phi) is 8.58. The SMILES string of the molecule is CCN(CC)CCN(C(=O)c1ccc(S(=O)(=O)N(CC)CC)cc1)c1nc2ccccc2s1. The molecule has 0 aliphatic heterocycles. The molecule has 0 spiro atoms. The largest absolute Gasteiger partial charge is 0.302 e. The molecule has 0 fully saturated rings. The highest BCUT2D eigenvalue weighted by Gasteiger charge is 2.24. The molecule has 3 aromatic rings. The summed E-state index contributed by atoms with van der Waals surface area (Å²) in [5, 5.41) is 0.646. The zero-order valence-corrected chi connectivity index (χ0v) is 21.3. The van der Waals surface area contributed by atoms with Crippen LogP contribution in [0.2, 0.25) is 0 Å². The number of sulfonamides is 1. The van der Waals surface area contributed by atoms with E-state index in [4.69, 9.17) is 4.98 Å². The van der Waals surface area contributed by atoms with Gasteiger partial charge in [-0.05, 0) is 49.5 Å². The molecule has 0 atom stereocenters. The highest BCUT2D eigenvalue weighted by Crippen LogP contribution is 2.30. The first-order valence-electron chi connectivity index (χ1n) is 11.4. The number of amides is 1. The van der Waals surface area contributed by atoms with E-state index in [-0.39, 0.29) is 10.8 Å². The van der Waals surface area contributed by atoms with Crippen LogP contribution in [0, 0.1) is 0 Å². The summed E-state index contributed by atoms with van der Waals surface area (Å²) in [6.45, 7) is 11.6. The number of hydrogen-bond donors (Lipinski definition) is 0. The molecule has 0 saturated carbocycles. The number of benzene rings is 2. The van der Waals surface area contributed by atoms with Crippen molar-refractivity contribution in [2.75, 3.05) is 44.2 Å². The van der Waals surface area contributed by atoms with Crippen molar-refractivity contribution in [1.29, 1.82) is 0 Å². The third kappa shape index (κ3) is 5.60. The predicted molar refractivity (Wildman–Crippen MR) is 136 cm³/mol. The van der Waals surface area contributed by atoms with Gasteiger partial charge in [0.25, 0.3) is 5.91 Å². The normalized spacial score (nSPS) is 12.1. The number of nitrogens with zero attached hydrogens (tertiary/aromatic N) is 4. The van der Waals surface area contributed by atoms with Crippen LogP contribution in [0.1, 0.15) is 38.1 Å². The van der Waals surface area contributed by atoms with Crippen LogP contribution >= 0.6 is 11.3 Å². The lowest BCUT2D eigenvalue weighted by Crippen LogP contribution is -2.39. The Morgan fingerprint density at radius 2 is 1.52 bits per heavy atom. The second-order valence-corrected chi connectivity index (χ2v) is 10.5. The first-order valence-corrected chi connectivity index (χ1v) is 13.6. The summed E-state index contributed by atoms with van der Waals surface area (Å²) in [5.74, 6) is -0.187. The Morgan fingerprint density at radius 1 is 0.879 bits per heavy atom. The van der Waals surface area contributed by atoms with Crippen molar-refractivity contribution in [3.8, 4) is 0 Å². The molecule has 33 heavy (non-hydrogen) atoms. The van der Waals surface area contributed by atoms with Crippen LogP contribution in [0.5, 0.6) is 0 Å². The van der Waals surface area contributed by atoms with Gasteiger partial charge in [-0.15, -0.1) is 0 Å². The molecule has 0 saturated heterocycles. The van der Waals surface area contributed by atoms with Crippen LogP contribution < -0.4 is 4.90 Å². The number of hydrogen-bond acceptors (Lipinski definition) is 6. The monoisotopic (exact) mass is 488 g/mol. The van der Waals surface area contributed by atoms with E-state index in [1.807, 2.05) is 38.1 Å². The summed E-state index contributed by atoms with van der Waals surface area (Å²) in [6, 6.07) is 14.0. The summed E-state index contributed by atoms with van der Waals surface area (Å²) in [5.41, 5.74) is 1.30. The fraction of sp³-hybridized carbons (Fsp3) is 0.417. The van der Waals surface area contributed by atoms with Crippen LogP contribution in [0.25, 0.3) is 10.2 Å². The van der Waals surface area contributed by atoms with Crippen molar-refractivity contribution in [3.05, 3.63) is 54.1 Å². The highest BCUT2D eigenvalue weighted by molar-refractivity contribution is 7.89. The van der Waals surface area contributed by atoms with E-state index in [0.29, 0.717) is 30.3 Å². The van der Waals surface area contributed by atoms with Gasteiger partial charge in [-0.1, -0.05) is 51.2 Å². The minimum absolute atomic E-state index is 0.187. The second kappa shape index (κ2) is 11.2. The van der Waals surface area contributed by atoms with Crippen molar-refractivity contribution in [2.24, 2.45) is 0 Å². The summed E-state index contributed by atoms with van der Waals surface area (Å²) >= 11 is 1.49. The predicted octanol–water partition coefficient (Wildman–Crippen LogP) is 4.32. The van der Waals surface area contributed by atoms with Gasteiger partial charge in [0.2, 0.25) is 10.0 Å². The Hall–Kier alpha value is -2.33. The lowest BCUT2D eigenvalue weighted by Gasteiger charge is -2.25. The van der Waals surface area contributed by atoms with Gasteiger partial charge < -0.3 is 4.90 Å². The first-order chi connectivity index (χ1) is 15.8. The maximum absolute atomic E-state index is 13.5. The number of rotatable bonds is 11. The van der Waals surface area contributed by atoms with E-state index in [0.717, 1.165) is 29.9 Å². The standard InChI is InChI=1S/C24H32N4O3S2/c1-5-26(6-2)17-18-28(24-25-21-11-9-10-12-22(21)32-24)23(29)19-13-15-20(16-14-19)33(30,31)27(7-3)8-4/h9-16H,5-8,17-18H2,1-4H3. The Bertz CT molecular complexity index is 1130. The van der Waals surface area contributed by atoms with Crippen molar-refractivity contribution < 1.29 is 13.2 Å². The molecule has 0 unspecified atom stereocenters. The van der Waals surface area contributed by atoms with Gasteiger partial charge in [0.05, 0.1) is 15.1 Å². The minimum atomic E-state index is -3.57. The van der Waals surface area contributed by atoms with Gasteiger partial charge >= 0.3 is 0 Å². The molecule has 7 nitrogen and oxygen atoms in total. The number of aromatic nitrogens is 1. The molecule has 1 aromatic heterocycles. The van der Waals surface area contributed by atoms with Crippen molar-refractivity contribution in [1.82, 2.24) is 14.2 Å². The van der Waals surface area contributed by atoms with Gasteiger partial charge in [-0.3, -0.25) is 9.69 Å². The fourth-order valence-electron chi connectivity index (χ4n) is 3.68. The Balaban J connectivity index is 1.92. The average Bonchev–Trinajstić information content (AvgIpc) is 3.26. The Labute approximate surface area is 200 Å². The van der Waals surface area contributed by atoms with E-state index < -0.39 is 10.0 Å². The zero-order valence-electron chi connectivity index (χ0n) is 19.7. The Morgan fingerprint density at radius 3 is 2.09 bits per heavy atom. The van der Waals surface area contributed by atoms with Crippen molar-refractivity contribution in [2.45, 2.75) is 32.6 Å². The molecular weight excluding hydrogens is 456 g/mol. The third-order valence-corrected chi connectivity index (χ3v) is 8.86. The maximum Gasteiger partial charge on any atom is 0.260 e. The van der Waals surface area contributed by atoms with Gasteiger partial charge in [-0.25, -0.2) is 13.4 Å². The number of thiazole rings is 1. The smallest absolute Gasteiger partial charge is 0.260 e. The molecule has 0 aliphatic carbocycles. The summed E-state index contributed by atoms with van der Waals surface area (Å²) < 4.78 is 28.0.